The van der Waals surface area contributed by atoms with Gasteiger partial charge in [0, 0.05) is 13.3 Å². The van der Waals surface area contributed by atoms with Crippen molar-refractivity contribution in [2.75, 3.05) is 7.11 Å². The van der Waals surface area contributed by atoms with Gasteiger partial charge >= 0.3 is 5.97 Å². The third kappa shape index (κ3) is 1.79. The van der Waals surface area contributed by atoms with Crippen molar-refractivity contribution in [2.45, 2.75) is 6.61 Å². The Labute approximate surface area is 85.1 Å². The van der Waals surface area contributed by atoms with E-state index in [0.717, 1.165) is 0 Å². The molecule has 0 fully saturated rings. The Hall–Kier alpha value is -1.95. The van der Waals surface area contributed by atoms with E-state index >= 15 is 0 Å². The van der Waals surface area contributed by atoms with Crippen LogP contribution in [0, 0.1) is 0 Å². The zero-order valence-electron chi connectivity index (χ0n) is 8.04. The highest BCUT2D eigenvalue weighted by Gasteiger charge is 2.07. The molecule has 6 nitrogen and oxygen atoms in total. The van der Waals surface area contributed by atoms with E-state index in [2.05, 4.69) is 10.1 Å². The van der Waals surface area contributed by atoms with Gasteiger partial charge in [-0.1, -0.05) is 0 Å². The predicted octanol–water partition coefficient (Wildman–Crippen LogP) is 0.574. The molecule has 0 aromatic carbocycles. The molecule has 6 heteroatoms. The SMILES string of the molecule is COCc1nc2cc(C(=O)O)ccn2n1. The first-order chi connectivity index (χ1) is 7.20. The highest BCUT2D eigenvalue weighted by Crippen LogP contribution is 2.06. The fourth-order valence-electron chi connectivity index (χ4n) is 1.25. The van der Waals surface area contributed by atoms with E-state index in [1.54, 1.807) is 13.3 Å². The molecule has 0 amide bonds. The van der Waals surface area contributed by atoms with Gasteiger partial charge in [-0.25, -0.2) is 14.3 Å². The Kier molecular flexibility index (Phi) is 2.34. The van der Waals surface area contributed by atoms with Gasteiger partial charge in [0.15, 0.2) is 11.5 Å². The summed E-state index contributed by atoms with van der Waals surface area (Å²) in [6.45, 7) is 0.310. The number of carboxylic acid groups (broad SMARTS) is 1. The molecular formula is C9H9N3O3. The molecule has 0 aliphatic heterocycles. The largest absolute Gasteiger partial charge is 0.478 e. The van der Waals surface area contributed by atoms with Crippen LogP contribution in [0.4, 0.5) is 0 Å². The van der Waals surface area contributed by atoms with E-state index in [1.807, 2.05) is 0 Å². The van der Waals surface area contributed by atoms with Gasteiger partial charge in [0.25, 0.3) is 0 Å². The summed E-state index contributed by atoms with van der Waals surface area (Å²) in [5, 5.41) is 12.9. The second-order valence-electron chi connectivity index (χ2n) is 2.98. The molecule has 15 heavy (non-hydrogen) atoms. The lowest BCUT2D eigenvalue weighted by atomic mass is 10.3. The van der Waals surface area contributed by atoms with Crippen LogP contribution in [-0.2, 0) is 11.3 Å². The number of carboxylic acids is 1. The van der Waals surface area contributed by atoms with Gasteiger partial charge in [0.1, 0.15) is 6.61 Å². The zero-order chi connectivity index (χ0) is 10.8. The number of rotatable bonds is 3. The van der Waals surface area contributed by atoms with E-state index in [0.29, 0.717) is 18.1 Å². The summed E-state index contributed by atoms with van der Waals surface area (Å²) in [6, 6.07) is 2.94. The molecule has 2 aromatic heterocycles. The highest BCUT2D eigenvalue weighted by molar-refractivity contribution is 5.88. The number of hydrogen-bond acceptors (Lipinski definition) is 4. The van der Waals surface area contributed by atoms with Crippen molar-refractivity contribution in [1.29, 1.82) is 0 Å². The van der Waals surface area contributed by atoms with E-state index in [-0.39, 0.29) is 5.56 Å². The maximum absolute atomic E-state index is 10.7. The molecule has 0 radical (unpaired) electrons. The summed E-state index contributed by atoms with van der Waals surface area (Å²) in [5.41, 5.74) is 0.695. The number of fused-ring (bicyclic) bond motifs is 1. The molecule has 0 spiro atoms. The minimum atomic E-state index is -0.978. The number of aromatic nitrogens is 3. The topological polar surface area (TPSA) is 76.7 Å². The molecule has 2 rings (SSSR count). The molecule has 2 aromatic rings. The molecule has 0 unspecified atom stereocenters. The summed E-state index contributed by atoms with van der Waals surface area (Å²) in [6.07, 6.45) is 1.56. The molecule has 0 bridgehead atoms. The first-order valence-corrected chi connectivity index (χ1v) is 4.28. The van der Waals surface area contributed by atoms with Crippen LogP contribution >= 0.6 is 0 Å². The van der Waals surface area contributed by atoms with Gasteiger partial charge in [0.05, 0.1) is 5.56 Å². The van der Waals surface area contributed by atoms with E-state index < -0.39 is 5.97 Å². The highest BCUT2D eigenvalue weighted by atomic mass is 16.5. The number of aromatic carboxylic acids is 1. The molecule has 0 saturated carbocycles. The minimum Gasteiger partial charge on any atom is -0.478 e. The summed E-state index contributed by atoms with van der Waals surface area (Å²) in [4.78, 5) is 14.8. The van der Waals surface area contributed by atoms with Crippen LogP contribution in [0.5, 0.6) is 0 Å². The molecule has 0 saturated heterocycles. The summed E-state index contributed by atoms with van der Waals surface area (Å²) >= 11 is 0. The lowest BCUT2D eigenvalue weighted by Gasteiger charge is -1.93. The summed E-state index contributed by atoms with van der Waals surface area (Å²) in [7, 11) is 1.55. The molecule has 0 aliphatic carbocycles. The lowest BCUT2D eigenvalue weighted by molar-refractivity contribution is 0.0697. The number of hydrogen-bond donors (Lipinski definition) is 1. The van der Waals surface area contributed by atoms with Crippen molar-refractivity contribution >= 4 is 11.6 Å². The number of pyridine rings is 1. The number of nitrogens with zero attached hydrogens (tertiary/aromatic N) is 3. The number of methoxy groups -OCH3 is 1. The van der Waals surface area contributed by atoms with Crippen LogP contribution in [0.2, 0.25) is 0 Å². The second-order valence-corrected chi connectivity index (χ2v) is 2.98. The Morgan fingerprint density at radius 1 is 1.67 bits per heavy atom. The van der Waals surface area contributed by atoms with Gasteiger partial charge in [0.2, 0.25) is 0 Å². The van der Waals surface area contributed by atoms with E-state index in [1.165, 1.54) is 16.6 Å². The zero-order valence-corrected chi connectivity index (χ0v) is 8.04. The molecule has 78 valence electrons. The number of ether oxygens (including phenoxy) is 1. The average molecular weight is 207 g/mol. The van der Waals surface area contributed by atoms with Crippen LogP contribution in [0.15, 0.2) is 18.3 Å². The van der Waals surface area contributed by atoms with Crippen LogP contribution in [0.25, 0.3) is 5.65 Å². The van der Waals surface area contributed by atoms with Crippen molar-refractivity contribution in [1.82, 2.24) is 14.6 Å². The molecular weight excluding hydrogens is 198 g/mol. The molecule has 1 N–H and O–H groups in total. The van der Waals surface area contributed by atoms with Gasteiger partial charge in [-0.15, -0.1) is 5.10 Å². The van der Waals surface area contributed by atoms with Crippen molar-refractivity contribution in [2.24, 2.45) is 0 Å². The molecule has 0 aliphatic rings. The fraction of sp³-hybridized carbons (Fsp3) is 0.222. The van der Waals surface area contributed by atoms with E-state index in [9.17, 15) is 4.79 Å². The monoisotopic (exact) mass is 207 g/mol. The van der Waals surface area contributed by atoms with Crippen LogP contribution < -0.4 is 0 Å². The van der Waals surface area contributed by atoms with Gasteiger partial charge < -0.3 is 9.84 Å². The standard InChI is InChI=1S/C9H9N3O3/c1-15-5-7-10-8-4-6(9(13)14)2-3-12(8)11-7/h2-4H,5H2,1H3,(H,13,14). The Morgan fingerprint density at radius 3 is 3.13 bits per heavy atom. The first-order valence-electron chi connectivity index (χ1n) is 4.28. The van der Waals surface area contributed by atoms with Gasteiger partial charge in [-0.2, -0.15) is 0 Å². The maximum atomic E-state index is 10.7. The van der Waals surface area contributed by atoms with Crippen LogP contribution in [0.3, 0.4) is 0 Å². The Bertz CT molecular complexity index is 506. The van der Waals surface area contributed by atoms with Gasteiger partial charge in [-0.05, 0) is 12.1 Å². The van der Waals surface area contributed by atoms with Crippen molar-refractivity contribution in [3.63, 3.8) is 0 Å². The average Bonchev–Trinajstić information content (AvgIpc) is 2.59. The lowest BCUT2D eigenvalue weighted by Crippen LogP contribution is -1.97. The normalized spacial score (nSPS) is 10.7. The van der Waals surface area contributed by atoms with Gasteiger partial charge in [-0.3, -0.25) is 0 Å². The summed E-state index contributed by atoms with van der Waals surface area (Å²) in [5.74, 6) is -0.450. The third-order valence-corrected chi connectivity index (χ3v) is 1.90. The van der Waals surface area contributed by atoms with Crippen molar-refractivity contribution < 1.29 is 14.6 Å². The summed E-state index contributed by atoms with van der Waals surface area (Å²) < 4.78 is 6.40. The molecule has 2 heterocycles. The number of carbonyl (C=O) groups is 1. The van der Waals surface area contributed by atoms with E-state index in [4.69, 9.17) is 9.84 Å². The molecule has 0 atom stereocenters. The smallest absolute Gasteiger partial charge is 0.335 e. The van der Waals surface area contributed by atoms with Crippen molar-refractivity contribution in [3.05, 3.63) is 29.7 Å². The Morgan fingerprint density at radius 2 is 2.47 bits per heavy atom. The van der Waals surface area contributed by atoms with Crippen LogP contribution in [-0.4, -0.2) is 32.8 Å². The Balaban J connectivity index is 2.47. The quantitative estimate of drug-likeness (QED) is 0.796. The third-order valence-electron chi connectivity index (χ3n) is 1.90. The second kappa shape index (κ2) is 3.66. The fourth-order valence-corrected chi connectivity index (χ4v) is 1.25. The van der Waals surface area contributed by atoms with Crippen molar-refractivity contribution in [3.8, 4) is 0 Å². The predicted molar refractivity (Wildman–Crippen MR) is 50.7 cm³/mol. The first kappa shape index (κ1) is 9.60. The minimum absolute atomic E-state index is 0.193. The maximum Gasteiger partial charge on any atom is 0.335 e. The van der Waals surface area contributed by atoms with Crippen LogP contribution in [0.1, 0.15) is 16.2 Å².